The Kier molecular flexibility index (Phi) is 1.88. The van der Waals surface area contributed by atoms with E-state index in [0.717, 1.165) is 11.8 Å². The summed E-state index contributed by atoms with van der Waals surface area (Å²) in [7, 11) is 0. The lowest BCUT2D eigenvalue weighted by Gasteiger charge is -2.04. The first-order valence-corrected chi connectivity index (χ1v) is 4.15. The normalized spacial score (nSPS) is 13.1. The average Bonchev–Trinajstić information content (AvgIpc) is 2.60. The maximum absolute atomic E-state index is 10.6. The molecule has 0 atom stereocenters. The van der Waals surface area contributed by atoms with Crippen LogP contribution >= 0.6 is 11.6 Å². The highest BCUT2D eigenvalue weighted by atomic mass is 35.5. The molecule has 4 heteroatoms. The lowest BCUT2D eigenvalue weighted by Crippen LogP contribution is -1.94. The van der Waals surface area contributed by atoms with Crippen molar-refractivity contribution in [2.75, 3.05) is 6.79 Å². The Morgan fingerprint density at radius 2 is 2.15 bits per heavy atom. The van der Waals surface area contributed by atoms with Crippen LogP contribution in [-0.2, 0) is 0 Å². The van der Waals surface area contributed by atoms with Crippen molar-refractivity contribution in [1.29, 1.82) is 0 Å². The van der Waals surface area contributed by atoms with Gasteiger partial charge in [-0.25, -0.2) is 0 Å². The Balaban J connectivity index is 2.69. The summed E-state index contributed by atoms with van der Waals surface area (Å²) in [4.78, 5) is 10.6. The third-order valence-electron chi connectivity index (χ3n) is 2.01. The molecule has 1 aromatic carbocycles. The largest absolute Gasteiger partial charge is 0.453 e. The summed E-state index contributed by atoms with van der Waals surface area (Å²) in [5, 5.41) is 0.417. The molecule has 0 radical (unpaired) electrons. The summed E-state index contributed by atoms with van der Waals surface area (Å²) < 4.78 is 10.3. The fourth-order valence-electron chi connectivity index (χ4n) is 1.30. The minimum atomic E-state index is 0.165. The smallest absolute Gasteiger partial charge is 0.231 e. The highest BCUT2D eigenvalue weighted by Gasteiger charge is 2.21. The van der Waals surface area contributed by atoms with Crippen LogP contribution in [0.15, 0.2) is 6.07 Å². The lowest BCUT2D eigenvalue weighted by molar-refractivity contribution is 0.112. The quantitative estimate of drug-likeness (QED) is 0.649. The number of hydrogen-bond acceptors (Lipinski definition) is 3. The van der Waals surface area contributed by atoms with Crippen molar-refractivity contribution in [3.05, 3.63) is 22.2 Å². The number of fused-ring (bicyclic) bond motifs is 1. The molecule has 0 bridgehead atoms. The maximum Gasteiger partial charge on any atom is 0.231 e. The molecular formula is C9H7ClO3. The van der Waals surface area contributed by atoms with Crippen molar-refractivity contribution in [3.63, 3.8) is 0 Å². The minimum absolute atomic E-state index is 0.165. The second-order valence-corrected chi connectivity index (χ2v) is 3.16. The second-order valence-electron chi connectivity index (χ2n) is 2.76. The zero-order chi connectivity index (χ0) is 9.42. The predicted molar refractivity (Wildman–Crippen MR) is 47.7 cm³/mol. The monoisotopic (exact) mass is 198 g/mol. The van der Waals surface area contributed by atoms with Gasteiger partial charge in [-0.2, -0.15) is 0 Å². The van der Waals surface area contributed by atoms with E-state index in [4.69, 9.17) is 21.1 Å². The van der Waals surface area contributed by atoms with Gasteiger partial charge in [0.15, 0.2) is 17.8 Å². The molecule has 0 fully saturated rings. The molecule has 1 aliphatic heterocycles. The Morgan fingerprint density at radius 1 is 1.46 bits per heavy atom. The van der Waals surface area contributed by atoms with Crippen LogP contribution in [0.3, 0.4) is 0 Å². The molecule has 0 N–H and O–H groups in total. The Morgan fingerprint density at radius 3 is 2.85 bits per heavy atom. The van der Waals surface area contributed by atoms with Gasteiger partial charge < -0.3 is 9.47 Å². The first-order chi connectivity index (χ1) is 6.24. The van der Waals surface area contributed by atoms with Crippen LogP contribution < -0.4 is 9.47 Å². The van der Waals surface area contributed by atoms with Crippen LogP contribution in [0.25, 0.3) is 0 Å². The molecule has 0 spiro atoms. The molecule has 13 heavy (non-hydrogen) atoms. The first-order valence-electron chi connectivity index (χ1n) is 3.78. The molecule has 0 aromatic heterocycles. The topological polar surface area (TPSA) is 35.5 Å². The van der Waals surface area contributed by atoms with Crippen LogP contribution in [0.1, 0.15) is 15.9 Å². The summed E-state index contributed by atoms with van der Waals surface area (Å²) in [6.07, 6.45) is 0.753. The number of ether oxygens (including phenoxy) is 2. The number of hydrogen-bond donors (Lipinski definition) is 0. The molecule has 1 heterocycles. The summed E-state index contributed by atoms with van der Waals surface area (Å²) in [6.45, 7) is 1.96. The van der Waals surface area contributed by atoms with E-state index in [2.05, 4.69) is 0 Å². The third-order valence-corrected chi connectivity index (χ3v) is 2.29. The van der Waals surface area contributed by atoms with Gasteiger partial charge in [-0.05, 0) is 13.0 Å². The van der Waals surface area contributed by atoms with Gasteiger partial charge in [-0.1, -0.05) is 11.6 Å². The van der Waals surface area contributed by atoms with Gasteiger partial charge in [0.05, 0.1) is 5.02 Å². The predicted octanol–water partition coefficient (Wildman–Crippen LogP) is 2.19. The summed E-state index contributed by atoms with van der Waals surface area (Å²) in [5.74, 6) is 1.11. The summed E-state index contributed by atoms with van der Waals surface area (Å²) in [5.41, 5.74) is 1.31. The fourth-order valence-corrected chi connectivity index (χ4v) is 1.56. The van der Waals surface area contributed by atoms with E-state index in [-0.39, 0.29) is 6.79 Å². The van der Waals surface area contributed by atoms with E-state index in [9.17, 15) is 4.79 Å². The summed E-state index contributed by atoms with van der Waals surface area (Å²) in [6, 6.07) is 1.58. The second kappa shape index (κ2) is 2.92. The van der Waals surface area contributed by atoms with Gasteiger partial charge in [-0.3, -0.25) is 4.79 Å². The Labute approximate surface area is 80.2 Å². The molecular weight excluding hydrogens is 192 g/mol. The van der Waals surface area contributed by atoms with Crippen molar-refractivity contribution in [3.8, 4) is 11.5 Å². The van der Waals surface area contributed by atoms with E-state index in [1.54, 1.807) is 13.0 Å². The first kappa shape index (κ1) is 8.38. The van der Waals surface area contributed by atoms with Gasteiger partial charge >= 0.3 is 0 Å². The lowest BCUT2D eigenvalue weighted by atomic mass is 10.1. The van der Waals surface area contributed by atoms with Crippen molar-refractivity contribution in [1.82, 2.24) is 0 Å². The van der Waals surface area contributed by atoms with Crippen molar-refractivity contribution in [2.45, 2.75) is 6.92 Å². The SMILES string of the molecule is Cc1c(C=O)cc(Cl)c2c1OCO2. The van der Waals surface area contributed by atoms with Crippen LogP contribution in [0, 0.1) is 6.92 Å². The number of carbonyl (C=O) groups excluding carboxylic acids is 1. The van der Waals surface area contributed by atoms with E-state index >= 15 is 0 Å². The van der Waals surface area contributed by atoms with Crippen LogP contribution in [-0.4, -0.2) is 13.1 Å². The highest BCUT2D eigenvalue weighted by molar-refractivity contribution is 6.32. The zero-order valence-corrected chi connectivity index (χ0v) is 7.72. The minimum Gasteiger partial charge on any atom is -0.453 e. The number of rotatable bonds is 1. The molecule has 0 aliphatic carbocycles. The van der Waals surface area contributed by atoms with Gasteiger partial charge in [-0.15, -0.1) is 0 Å². The van der Waals surface area contributed by atoms with Gasteiger partial charge in [0, 0.05) is 11.1 Å². The van der Waals surface area contributed by atoms with Crippen molar-refractivity contribution in [2.24, 2.45) is 0 Å². The molecule has 3 nitrogen and oxygen atoms in total. The van der Waals surface area contributed by atoms with Crippen LogP contribution in [0.4, 0.5) is 0 Å². The molecule has 0 saturated heterocycles. The van der Waals surface area contributed by atoms with Crippen molar-refractivity contribution < 1.29 is 14.3 Å². The van der Waals surface area contributed by atoms with E-state index in [0.29, 0.717) is 22.1 Å². The Bertz CT molecular complexity index is 374. The molecule has 1 aromatic rings. The highest BCUT2D eigenvalue weighted by Crippen LogP contribution is 2.42. The maximum atomic E-state index is 10.6. The van der Waals surface area contributed by atoms with E-state index < -0.39 is 0 Å². The van der Waals surface area contributed by atoms with Gasteiger partial charge in [0.25, 0.3) is 0 Å². The zero-order valence-electron chi connectivity index (χ0n) is 6.96. The third kappa shape index (κ3) is 1.16. The van der Waals surface area contributed by atoms with Crippen LogP contribution in [0.5, 0.6) is 11.5 Å². The number of benzene rings is 1. The number of carbonyl (C=O) groups is 1. The van der Waals surface area contributed by atoms with Gasteiger partial charge in [0.2, 0.25) is 6.79 Å². The molecule has 0 amide bonds. The fraction of sp³-hybridized carbons (Fsp3) is 0.222. The molecule has 0 saturated carbocycles. The molecule has 1 aliphatic rings. The Hall–Kier alpha value is -1.22. The summed E-state index contributed by atoms with van der Waals surface area (Å²) >= 11 is 5.86. The molecule has 68 valence electrons. The van der Waals surface area contributed by atoms with Crippen LogP contribution in [0.2, 0.25) is 5.02 Å². The standard InChI is InChI=1S/C9H7ClO3/c1-5-6(3-11)2-7(10)9-8(5)12-4-13-9/h2-3H,4H2,1H3. The number of aldehydes is 1. The molecule has 0 unspecified atom stereocenters. The number of halogens is 1. The van der Waals surface area contributed by atoms with E-state index in [1.165, 1.54) is 0 Å². The average molecular weight is 199 g/mol. The molecule has 2 rings (SSSR count). The van der Waals surface area contributed by atoms with Crippen molar-refractivity contribution >= 4 is 17.9 Å². The van der Waals surface area contributed by atoms with E-state index in [1.807, 2.05) is 0 Å². The van der Waals surface area contributed by atoms with Gasteiger partial charge in [0.1, 0.15) is 0 Å².